The first kappa shape index (κ1) is 18.8. The number of fused-ring (bicyclic) bond motifs is 1. The average molecular weight is 375 g/mol. The number of hydrogen-bond acceptors (Lipinski definition) is 4. The Morgan fingerprint density at radius 3 is 2.77 bits per heavy atom. The second-order valence-electron chi connectivity index (χ2n) is 6.26. The second kappa shape index (κ2) is 9.64. The van der Waals surface area contributed by atoms with Crippen LogP contribution in [0.3, 0.4) is 0 Å². The molecule has 1 aliphatic rings. The first-order valence-corrected chi connectivity index (χ1v) is 10.1. The molecule has 0 radical (unpaired) electrons. The van der Waals surface area contributed by atoms with E-state index in [1.54, 1.807) is 4.90 Å². The predicted molar refractivity (Wildman–Crippen MR) is 104 cm³/mol. The molecule has 7 heteroatoms. The van der Waals surface area contributed by atoms with Gasteiger partial charge >= 0.3 is 0 Å². The molecule has 140 valence electrons. The first-order valence-electron chi connectivity index (χ1n) is 8.98. The largest absolute Gasteiger partial charge is 0.378 e. The number of thioether (sulfide) groups is 1. The fourth-order valence-electron chi connectivity index (χ4n) is 3.00. The number of rotatable bonds is 8. The van der Waals surface area contributed by atoms with E-state index in [9.17, 15) is 9.59 Å². The fraction of sp³-hybridized carbons (Fsp3) is 0.474. The molecule has 0 bridgehead atoms. The number of morpholine rings is 1. The zero-order chi connectivity index (χ0) is 18.2. The van der Waals surface area contributed by atoms with Gasteiger partial charge in [0.1, 0.15) is 0 Å². The number of carbonyl (C=O) groups is 2. The van der Waals surface area contributed by atoms with Gasteiger partial charge in [0.25, 0.3) is 0 Å². The molecule has 3 rings (SSSR count). The van der Waals surface area contributed by atoms with E-state index in [0.29, 0.717) is 44.4 Å². The number of nitrogens with one attached hydrogen (secondary N) is 1. The van der Waals surface area contributed by atoms with Crippen molar-refractivity contribution in [2.75, 3.05) is 44.4 Å². The Hall–Kier alpha value is -1.99. The summed E-state index contributed by atoms with van der Waals surface area (Å²) in [4.78, 5) is 25.7. The van der Waals surface area contributed by atoms with E-state index >= 15 is 0 Å². The van der Waals surface area contributed by atoms with Crippen molar-refractivity contribution in [3.8, 4) is 0 Å². The molecule has 6 nitrogen and oxygen atoms in total. The maximum Gasteiger partial charge on any atom is 0.232 e. The van der Waals surface area contributed by atoms with Crippen molar-refractivity contribution in [2.45, 2.75) is 13.0 Å². The number of benzene rings is 1. The van der Waals surface area contributed by atoms with Gasteiger partial charge in [0, 0.05) is 37.9 Å². The molecular formula is C19H25N3O3S. The molecule has 1 aromatic heterocycles. The second-order valence-corrected chi connectivity index (χ2v) is 7.24. The summed E-state index contributed by atoms with van der Waals surface area (Å²) in [7, 11) is 0. The standard InChI is InChI=1S/C19H25N3O3S/c23-18(14-26-15-19(24)22-10-12-25-13-11-22)20-7-3-8-21-9-6-16-4-1-2-5-17(16)21/h1-2,4-6,9H,3,7-8,10-15H2,(H,20,23). The van der Waals surface area contributed by atoms with Crippen LogP contribution in [0.25, 0.3) is 10.9 Å². The number of hydrogen-bond donors (Lipinski definition) is 1. The van der Waals surface area contributed by atoms with E-state index in [1.165, 1.54) is 22.7 Å². The molecule has 0 spiro atoms. The number of amides is 2. The summed E-state index contributed by atoms with van der Waals surface area (Å²) in [5, 5.41) is 4.16. The van der Waals surface area contributed by atoms with Gasteiger partial charge < -0.3 is 19.5 Å². The number of carbonyl (C=O) groups excluding carboxylic acids is 2. The van der Waals surface area contributed by atoms with Crippen molar-refractivity contribution in [3.05, 3.63) is 36.5 Å². The van der Waals surface area contributed by atoms with Crippen molar-refractivity contribution in [1.29, 1.82) is 0 Å². The van der Waals surface area contributed by atoms with E-state index in [2.05, 4.69) is 34.3 Å². The molecular weight excluding hydrogens is 350 g/mol. The van der Waals surface area contributed by atoms with Gasteiger partial charge in [-0.25, -0.2) is 0 Å². The van der Waals surface area contributed by atoms with Gasteiger partial charge in [-0.2, -0.15) is 0 Å². The Balaban J connectivity index is 1.29. The van der Waals surface area contributed by atoms with Gasteiger partial charge in [-0.15, -0.1) is 11.8 Å². The van der Waals surface area contributed by atoms with Crippen molar-refractivity contribution in [2.24, 2.45) is 0 Å². The summed E-state index contributed by atoms with van der Waals surface area (Å²) < 4.78 is 7.44. The highest BCUT2D eigenvalue weighted by Crippen LogP contribution is 2.15. The van der Waals surface area contributed by atoms with Gasteiger partial charge in [-0.05, 0) is 23.9 Å². The minimum Gasteiger partial charge on any atom is -0.378 e. The van der Waals surface area contributed by atoms with E-state index in [0.717, 1.165) is 13.0 Å². The third-order valence-electron chi connectivity index (χ3n) is 4.40. The number of aromatic nitrogens is 1. The summed E-state index contributed by atoms with van der Waals surface area (Å²) in [5.41, 5.74) is 1.22. The lowest BCUT2D eigenvalue weighted by Crippen LogP contribution is -2.41. The summed E-state index contributed by atoms with van der Waals surface area (Å²) in [6.45, 7) is 4.03. The lowest BCUT2D eigenvalue weighted by Gasteiger charge is -2.26. The van der Waals surface area contributed by atoms with E-state index in [-0.39, 0.29) is 11.8 Å². The van der Waals surface area contributed by atoms with E-state index in [4.69, 9.17) is 4.74 Å². The minimum absolute atomic E-state index is 0.0119. The zero-order valence-electron chi connectivity index (χ0n) is 14.9. The van der Waals surface area contributed by atoms with Crippen LogP contribution in [-0.2, 0) is 20.9 Å². The molecule has 2 aromatic rings. The SMILES string of the molecule is O=C(CSCC(=O)N1CCOCC1)NCCCn1ccc2ccccc21. The van der Waals surface area contributed by atoms with Crippen LogP contribution in [0.2, 0.25) is 0 Å². The van der Waals surface area contributed by atoms with Gasteiger partial charge in [-0.1, -0.05) is 18.2 Å². The lowest BCUT2D eigenvalue weighted by molar-refractivity contribution is -0.132. The number of para-hydroxylation sites is 1. The molecule has 2 heterocycles. The van der Waals surface area contributed by atoms with Gasteiger partial charge in [0.05, 0.1) is 24.7 Å². The van der Waals surface area contributed by atoms with Crippen LogP contribution < -0.4 is 5.32 Å². The van der Waals surface area contributed by atoms with Crippen LogP contribution in [0.1, 0.15) is 6.42 Å². The van der Waals surface area contributed by atoms with E-state index in [1.807, 2.05) is 12.1 Å². The van der Waals surface area contributed by atoms with Gasteiger partial charge in [0.15, 0.2) is 0 Å². The van der Waals surface area contributed by atoms with Crippen LogP contribution in [0.5, 0.6) is 0 Å². The van der Waals surface area contributed by atoms with Gasteiger partial charge in [-0.3, -0.25) is 9.59 Å². The smallest absolute Gasteiger partial charge is 0.232 e. The Morgan fingerprint density at radius 1 is 1.12 bits per heavy atom. The predicted octanol–water partition coefficient (Wildman–Crippen LogP) is 1.74. The lowest BCUT2D eigenvalue weighted by atomic mass is 10.2. The average Bonchev–Trinajstić information content (AvgIpc) is 3.09. The molecule has 1 N–H and O–H groups in total. The van der Waals surface area contributed by atoms with Crippen molar-refractivity contribution >= 4 is 34.5 Å². The van der Waals surface area contributed by atoms with Gasteiger partial charge in [0.2, 0.25) is 11.8 Å². The van der Waals surface area contributed by atoms with Crippen LogP contribution in [0.15, 0.2) is 36.5 Å². The Labute approximate surface area is 157 Å². The normalized spacial score (nSPS) is 14.5. The number of aryl methyl sites for hydroxylation is 1. The molecule has 0 saturated carbocycles. The molecule has 2 amide bonds. The quantitative estimate of drug-likeness (QED) is 0.714. The fourth-order valence-corrected chi connectivity index (χ4v) is 3.75. The molecule has 26 heavy (non-hydrogen) atoms. The highest BCUT2D eigenvalue weighted by atomic mass is 32.2. The molecule has 1 aliphatic heterocycles. The molecule has 0 aliphatic carbocycles. The third kappa shape index (κ3) is 5.25. The Kier molecular flexibility index (Phi) is 6.96. The molecule has 0 atom stereocenters. The number of nitrogens with zero attached hydrogens (tertiary/aromatic N) is 2. The minimum atomic E-state index is -0.0119. The topological polar surface area (TPSA) is 63.6 Å². The van der Waals surface area contributed by atoms with Crippen molar-refractivity contribution in [1.82, 2.24) is 14.8 Å². The molecule has 1 aromatic carbocycles. The van der Waals surface area contributed by atoms with Crippen molar-refractivity contribution < 1.29 is 14.3 Å². The monoisotopic (exact) mass is 375 g/mol. The van der Waals surface area contributed by atoms with Crippen LogP contribution >= 0.6 is 11.8 Å². The highest BCUT2D eigenvalue weighted by molar-refractivity contribution is 8.00. The van der Waals surface area contributed by atoms with Crippen LogP contribution in [-0.4, -0.2) is 65.6 Å². The Bertz CT molecular complexity index is 740. The highest BCUT2D eigenvalue weighted by Gasteiger charge is 2.16. The maximum absolute atomic E-state index is 12.0. The van der Waals surface area contributed by atoms with E-state index < -0.39 is 0 Å². The van der Waals surface area contributed by atoms with Crippen LogP contribution in [0, 0.1) is 0 Å². The first-order chi connectivity index (χ1) is 12.7. The molecule has 0 unspecified atom stereocenters. The van der Waals surface area contributed by atoms with Crippen LogP contribution in [0.4, 0.5) is 0 Å². The van der Waals surface area contributed by atoms with Crippen molar-refractivity contribution in [3.63, 3.8) is 0 Å². The summed E-state index contributed by atoms with van der Waals surface area (Å²) in [5.74, 6) is 0.749. The summed E-state index contributed by atoms with van der Waals surface area (Å²) in [6.07, 6.45) is 2.96. The number of ether oxygens (including phenoxy) is 1. The molecule has 1 saturated heterocycles. The summed E-state index contributed by atoms with van der Waals surface area (Å²) >= 11 is 1.37. The Morgan fingerprint density at radius 2 is 1.92 bits per heavy atom. The third-order valence-corrected chi connectivity index (χ3v) is 5.32. The molecule has 1 fully saturated rings. The summed E-state index contributed by atoms with van der Waals surface area (Å²) in [6, 6.07) is 10.4. The zero-order valence-corrected chi connectivity index (χ0v) is 15.7. The maximum atomic E-state index is 12.0.